The second kappa shape index (κ2) is 7.93. The highest BCUT2D eigenvalue weighted by molar-refractivity contribution is 8.00. The zero-order valence-electron chi connectivity index (χ0n) is 16.8. The van der Waals surface area contributed by atoms with Crippen molar-refractivity contribution in [2.45, 2.75) is 57.3 Å². The van der Waals surface area contributed by atoms with Crippen LogP contribution in [0.2, 0.25) is 0 Å². The van der Waals surface area contributed by atoms with Crippen LogP contribution in [0.4, 0.5) is 10.1 Å². The molecule has 0 atom stereocenters. The molecule has 5 heteroatoms. The lowest BCUT2D eigenvalue weighted by molar-refractivity contribution is -0.113. The summed E-state index contributed by atoms with van der Waals surface area (Å²) in [6, 6.07) is 9.62. The van der Waals surface area contributed by atoms with Gasteiger partial charge in [-0.05, 0) is 47.2 Å². The average Bonchev–Trinajstić information content (AvgIpc) is 2.54. The molecule has 2 N–H and O–H groups in total. The number of halogens is 1. The molecule has 0 aliphatic heterocycles. The fourth-order valence-corrected chi connectivity index (χ4v) is 3.49. The number of phenols is 1. The van der Waals surface area contributed by atoms with Crippen molar-refractivity contribution < 1.29 is 14.3 Å². The number of carbonyl (C=O) groups is 1. The van der Waals surface area contributed by atoms with Gasteiger partial charge in [0.25, 0.3) is 0 Å². The number of hydrogen-bond acceptors (Lipinski definition) is 3. The van der Waals surface area contributed by atoms with E-state index in [0.29, 0.717) is 11.4 Å². The first-order valence-corrected chi connectivity index (χ1v) is 9.92. The lowest BCUT2D eigenvalue weighted by atomic mass is 9.79. The van der Waals surface area contributed by atoms with Crippen LogP contribution in [0.1, 0.15) is 52.7 Å². The Morgan fingerprint density at radius 3 is 1.93 bits per heavy atom. The van der Waals surface area contributed by atoms with Crippen molar-refractivity contribution in [3.05, 3.63) is 53.3 Å². The summed E-state index contributed by atoms with van der Waals surface area (Å²) in [6.45, 7) is 12.4. The quantitative estimate of drug-likeness (QED) is 0.644. The first-order chi connectivity index (χ1) is 12.4. The van der Waals surface area contributed by atoms with Gasteiger partial charge in [-0.15, -0.1) is 11.8 Å². The maximum atomic E-state index is 13.0. The SMILES string of the molecule is CC(C)(C)c1cc(SCC(=O)Nc2ccc(F)cc2)cc(C(C)(C)C)c1O. The number of thioether (sulfide) groups is 1. The van der Waals surface area contributed by atoms with Gasteiger partial charge < -0.3 is 10.4 Å². The predicted octanol–water partition coefficient (Wildman–Crippen LogP) is 5.86. The van der Waals surface area contributed by atoms with E-state index in [1.54, 1.807) is 0 Å². The summed E-state index contributed by atoms with van der Waals surface area (Å²) in [5.41, 5.74) is 1.89. The molecular formula is C22H28FNO2S. The maximum absolute atomic E-state index is 13.0. The molecule has 2 rings (SSSR count). The number of anilines is 1. The van der Waals surface area contributed by atoms with E-state index < -0.39 is 0 Å². The van der Waals surface area contributed by atoms with Crippen molar-refractivity contribution >= 4 is 23.4 Å². The van der Waals surface area contributed by atoms with E-state index in [0.717, 1.165) is 16.0 Å². The Morgan fingerprint density at radius 2 is 1.48 bits per heavy atom. The summed E-state index contributed by atoms with van der Waals surface area (Å²) in [5, 5.41) is 13.5. The van der Waals surface area contributed by atoms with Gasteiger partial charge >= 0.3 is 0 Å². The topological polar surface area (TPSA) is 49.3 Å². The normalized spacial score (nSPS) is 12.1. The van der Waals surface area contributed by atoms with Crippen LogP contribution < -0.4 is 5.32 Å². The van der Waals surface area contributed by atoms with Crippen LogP contribution in [0.25, 0.3) is 0 Å². The zero-order valence-corrected chi connectivity index (χ0v) is 17.6. The smallest absolute Gasteiger partial charge is 0.234 e. The van der Waals surface area contributed by atoms with Crippen molar-refractivity contribution in [3.63, 3.8) is 0 Å². The molecule has 0 bridgehead atoms. The Kier molecular flexibility index (Phi) is 6.25. The number of hydrogen-bond donors (Lipinski definition) is 2. The van der Waals surface area contributed by atoms with Crippen molar-refractivity contribution in [2.75, 3.05) is 11.1 Å². The summed E-state index contributed by atoms with van der Waals surface area (Å²) < 4.78 is 13.0. The Bertz CT molecular complexity index is 783. The Hall–Kier alpha value is -2.01. The lowest BCUT2D eigenvalue weighted by Crippen LogP contribution is -2.18. The van der Waals surface area contributed by atoms with Gasteiger partial charge in [0.15, 0.2) is 0 Å². The summed E-state index contributed by atoms with van der Waals surface area (Å²) in [6.07, 6.45) is 0. The minimum atomic E-state index is -0.337. The first-order valence-electron chi connectivity index (χ1n) is 8.94. The maximum Gasteiger partial charge on any atom is 0.234 e. The molecule has 0 saturated carbocycles. The van der Waals surface area contributed by atoms with E-state index in [1.165, 1.54) is 36.0 Å². The monoisotopic (exact) mass is 389 g/mol. The van der Waals surface area contributed by atoms with Crippen molar-refractivity contribution in [3.8, 4) is 5.75 Å². The first kappa shape index (κ1) is 21.3. The van der Waals surface area contributed by atoms with Crippen LogP contribution in [-0.2, 0) is 15.6 Å². The van der Waals surface area contributed by atoms with Gasteiger partial charge in [0.05, 0.1) is 5.75 Å². The number of aromatic hydroxyl groups is 1. The van der Waals surface area contributed by atoms with Gasteiger partial charge in [-0.2, -0.15) is 0 Å². The Balaban J connectivity index is 2.20. The fourth-order valence-electron chi connectivity index (χ4n) is 2.71. The minimum Gasteiger partial charge on any atom is -0.507 e. The Morgan fingerprint density at radius 1 is 1.00 bits per heavy atom. The lowest BCUT2D eigenvalue weighted by Gasteiger charge is -2.28. The largest absolute Gasteiger partial charge is 0.507 e. The molecule has 2 aromatic carbocycles. The molecule has 0 spiro atoms. The van der Waals surface area contributed by atoms with Crippen molar-refractivity contribution in [1.29, 1.82) is 0 Å². The van der Waals surface area contributed by atoms with E-state index in [4.69, 9.17) is 0 Å². The zero-order chi connectivity index (χ0) is 20.4. The summed E-state index contributed by atoms with van der Waals surface area (Å²) >= 11 is 1.42. The summed E-state index contributed by atoms with van der Waals surface area (Å²) in [4.78, 5) is 13.2. The van der Waals surface area contributed by atoms with E-state index in [2.05, 4.69) is 46.9 Å². The minimum absolute atomic E-state index is 0.158. The number of phenolic OH excluding ortho intramolecular Hbond substituents is 1. The number of carbonyl (C=O) groups excluding carboxylic acids is 1. The van der Waals surface area contributed by atoms with E-state index in [9.17, 15) is 14.3 Å². The number of nitrogens with one attached hydrogen (secondary N) is 1. The van der Waals surface area contributed by atoms with Crippen LogP contribution in [-0.4, -0.2) is 16.8 Å². The molecule has 0 fully saturated rings. The van der Waals surface area contributed by atoms with Crippen LogP contribution in [0, 0.1) is 5.82 Å². The van der Waals surface area contributed by atoms with Gasteiger partial charge in [-0.3, -0.25) is 4.79 Å². The molecule has 1 amide bonds. The van der Waals surface area contributed by atoms with Crippen LogP contribution in [0.15, 0.2) is 41.3 Å². The number of rotatable bonds is 4. The molecule has 2 aromatic rings. The standard InChI is InChI=1S/C22H28FNO2S/c1-21(2,3)17-11-16(12-18(20(17)26)22(4,5)6)27-13-19(25)24-15-9-7-14(23)8-10-15/h7-12,26H,13H2,1-6H3,(H,24,25). The molecule has 0 aromatic heterocycles. The second-order valence-electron chi connectivity index (χ2n) is 8.71. The predicted molar refractivity (Wildman–Crippen MR) is 111 cm³/mol. The molecular weight excluding hydrogens is 361 g/mol. The van der Waals surface area contributed by atoms with Crippen molar-refractivity contribution in [1.82, 2.24) is 0 Å². The van der Waals surface area contributed by atoms with Gasteiger partial charge in [0.1, 0.15) is 11.6 Å². The molecule has 0 radical (unpaired) electrons. The van der Waals surface area contributed by atoms with E-state index in [-0.39, 0.29) is 28.3 Å². The molecule has 0 unspecified atom stereocenters. The second-order valence-corrected chi connectivity index (χ2v) is 9.76. The molecule has 0 heterocycles. The van der Waals surface area contributed by atoms with Crippen LogP contribution in [0.3, 0.4) is 0 Å². The van der Waals surface area contributed by atoms with Gasteiger partial charge in [0.2, 0.25) is 5.91 Å². The molecule has 146 valence electrons. The van der Waals surface area contributed by atoms with Crippen LogP contribution in [0.5, 0.6) is 5.75 Å². The third kappa shape index (κ3) is 5.73. The van der Waals surface area contributed by atoms with Gasteiger partial charge in [0, 0.05) is 21.7 Å². The van der Waals surface area contributed by atoms with Crippen LogP contribution >= 0.6 is 11.8 Å². The number of benzene rings is 2. The number of amides is 1. The Labute approximate surface area is 165 Å². The average molecular weight is 390 g/mol. The summed E-state index contributed by atoms with van der Waals surface area (Å²) in [7, 11) is 0. The molecule has 3 nitrogen and oxygen atoms in total. The molecule has 27 heavy (non-hydrogen) atoms. The highest BCUT2D eigenvalue weighted by Crippen LogP contribution is 2.41. The fraction of sp³-hybridized carbons (Fsp3) is 0.409. The molecule has 0 aliphatic rings. The third-order valence-corrected chi connectivity index (χ3v) is 5.17. The summed E-state index contributed by atoms with van der Waals surface area (Å²) in [5.74, 6) is 0.0651. The van der Waals surface area contributed by atoms with Crippen molar-refractivity contribution in [2.24, 2.45) is 0 Å². The van der Waals surface area contributed by atoms with E-state index in [1.807, 2.05) is 12.1 Å². The third-order valence-electron chi connectivity index (χ3n) is 4.20. The molecule has 0 saturated heterocycles. The van der Waals surface area contributed by atoms with Gasteiger partial charge in [-0.25, -0.2) is 4.39 Å². The van der Waals surface area contributed by atoms with E-state index >= 15 is 0 Å². The highest BCUT2D eigenvalue weighted by Gasteiger charge is 2.26. The molecule has 0 aliphatic carbocycles. The van der Waals surface area contributed by atoms with Gasteiger partial charge in [-0.1, -0.05) is 41.5 Å². The highest BCUT2D eigenvalue weighted by atomic mass is 32.2.